The van der Waals surface area contributed by atoms with Crippen LogP contribution in [0.1, 0.15) is 20.7 Å². The van der Waals surface area contributed by atoms with Crippen LogP contribution < -0.4 is 5.32 Å². The zero-order valence-corrected chi connectivity index (χ0v) is 12.3. The van der Waals surface area contributed by atoms with Crippen molar-refractivity contribution in [2.24, 2.45) is 0 Å². The summed E-state index contributed by atoms with van der Waals surface area (Å²) < 4.78 is 0. The van der Waals surface area contributed by atoms with E-state index in [1.54, 1.807) is 24.3 Å². The van der Waals surface area contributed by atoms with E-state index in [2.05, 4.69) is 5.32 Å². The fourth-order valence-corrected chi connectivity index (χ4v) is 3.23. The average molecular weight is 324 g/mol. The third-order valence-electron chi connectivity index (χ3n) is 2.91. The largest absolute Gasteiger partial charge is 0.354 e. The normalized spacial score (nSPS) is 12.1. The van der Waals surface area contributed by atoms with Gasteiger partial charge in [-0.25, -0.2) is 0 Å². The number of nitrogens with one attached hydrogen (secondary N) is 1. The summed E-state index contributed by atoms with van der Waals surface area (Å²) in [6.45, 7) is 0. The Hall–Kier alpha value is -1.49. The van der Waals surface area contributed by atoms with E-state index in [1.807, 2.05) is 12.1 Å². The number of carbonyl (C=O) groups is 2. The molecule has 0 bridgehead atoms. The number of halogens is 2. The quantitative estimate of drug-likeness (QED) is 0.697. The van der Waals surface area contributed by atoms with E-state index in [1.165, 1.54) is 11.8 Å². The van der Waals surface area contributed by atoms with Crippen molar-refractivity contribution >= 4 is 56.8 Å². The van der Waals surface area contributed by atoms with Gasteiger partial charge in [-0.2, -0.15) is 0 Å². The van der Waals surface area contributed by atoms with Crippen LogP contribution in [-0.4, -0.2) is 10.5 Å². The highest BCUT2D eigenvalue weighted by Gasteiger charge is 2.18. The Bertz CT molecular complexity index is 684. The van der Waals surface area contributed by atoms with Crippen LogP contribution in [0.4, 0.5) is 11.4 Å². The Morgan fingerprint density at radius 3 is 1.70 bits per heavy atom. The first kappa shape index (κ1) is 13.5. The molecule has 1 aliphatic heterocycles. The van der Waals surface area contributed by atoms with Crippen LogP contribution in [-0.2, 0) is 0 Å². The minimum absolute atomic E-state index is 0.438. The lowest BCUT2D eigenvalue weighted by Crippen LogP contribution is -2.02. The molecule has 0 atom stereocenters. The second kappa shape index (κ2) is 5.13. The van der Waals surface area contributed by atoms with Gasteiger partial charge in [0.2, 0.25) is 0 Å². The highest BCUT2D eigenvalue weighted by Crippen LogP contribution is 2.44. The van der Waals surface area contributed by atoms with Crippen molar-refractivity contribution in [3.8, 4) is 0 Å². The molecule has 0 unspecified atom stereocenters. The van der Waals surface area contributed by atoms with E-state index >= 15 is 0 Å². The van der Waals surface area contributed by atoms with E-state index in [-0.39, 0.29) is 0 Å². The van der Waals surface area contributed by atoms with E-state index in [9.17, 15) is 9.59 Å². The molecule has 0 saturated heterocycles. The second-order valence-electron chi connectivity index (χ2n) is 4.20. The van der Waals surface area contributed by atoms with Crippen molar-refractivity contribution in [3.05, 3.63) is 47.5 Å². The lowest BCUT2D eigenvalue weighted by atomic mass is 10.2. The Kier molecular flexibility index (Phi) is 3.46. The molecule has 1 heterocycles. The van der Waals surface area contributed by atoms with Crippen LogP contribution in [0.3, 0.4) is 0 Å². The predicted octanol–water partition coefficient (Wildman–Crippen LogP) is 4.65. The summed E-state index contributed by atoms with van der Waals surface area (Å²) in [4.78, 5) is 24.1. The zero-order valence-electron chi connectivity index (χ0n) is 9.94. The lowest BCUT2D eigenvalue weighted by Gasteiger charge is -2.21. The van der Waals surface area contributed by atoms with Gasteiger partial charge in [-0.3, -0.25) is 9.59 Å². The van der Waals surface area contributed by atoms with Crippen LogP contribution in [0, 0.1) is 0 Å². The van der Waals surface area contributed by atoms with Gasteiger partial charge in [-0.1, -0.05) is 11.8 Å². The first-order chi connectivity index (χ1) is 9.54. The van der Waals surface area contributed by atoms with Gasteiger partial charge in [0.1, 0.15) is 0 Å². The number of anilines is 2. The molecule has 20 heavy (non-hydrogen) atoms. The second-order valence-corrected chi connectivity index (χ2v) is 5.97. The van der Waals surface area contributed by atoms with Crippen molar-refractivity contribution in [2.75, 3.05) is 5.32 Å². The Morgan fingerprint density at radius 2 is 1.30 bits per heavy atom. The zero-order chi connectivity index (χ0) is 14.3. The van der Waals surface area contributed by atoms with Crippen molar-refractivity contribution in [3.63, 3.8) is 0 Å². The van der Waals surface area contributed by atoms with Gasteiger partial charge in [0.25, 0.3) is 10.5 Å². The highest BCUT2D eigenvalue weighted by molar-refractivity contribution is 7.99. The maximum absolute atomic E-state index is 11.2. The first-order valence-corrected chi connectivity index (χ1v) is 7.24. The topological polar surface area (TPSA) is 46.2 Å². The van der Waals surface area contributed by atoms with Gasteiger partial charge in [-0.05, 0) is 59.6 Å². The molecule has 0 aliphatic carbocycles. The van der Waals surface area contributed by atoms with Crippen molar-refractivity contribution < 1.29 is 9.59 Å². The molecule has 0 fully saturated rings. The molecule has 100 valence electrons. The van der Waals surface area contributed by atoms with Crippen molar-refractivity contribution in [2.45, 2.75) is 9.79 Å². The monoisotopic (exact) mass is 323 g/mol. The standard InChI is InChI=1S/C14H7Cl2NO2S/c15-13(18)7-1-3-9-11(5-7)20-12-6-8(14(16)19)2-4-10(12)17-9/h1-6,17H. The molecule has 3 nitrogen and oxygen atoms in total. The van der Waals surface area contributed by atoms with Gasteiger partial charge in [0.05, 0.1) is 11.4 Å². The molecule has 0 radical (unpaired) electrons. The van der Waals surface area contributed by atoms with Crippen LogP contribution in [0.15, 0.2) is 46.2 Å². The summed E-state index contributed by atoms with van der Waals surface area (Å²) in [6.07, 6.45) is 0. The summed E-state index contributed by atoms with van der Waals surface area (Å²) in [5.41, 5.74) is 2.67. The van der Waals surface area contributed by atoms with Gasteiger partial charge >= 0.3 is 0 Å². The van der Waals surface area contributed by atoms with E-state index in [0.29, 0.717) is 11.1 Å². The van der Waals surface area contributed by atoms with Crippen LogP contribution in [0.5, 0.6) is 0 Å². The fraction of sp³-hybridized carbons (Fsp3) is 0. The average Bonchev–Trinajstić information content (AvgIpc) is 2.43. The summed E-state index contributed by atoms with van der Waals surface area (Å²) in [7, 11) is 0. The summed E-state index contributed by atoms with van der Waals surface area (Å²) in [5.74, 6) is 0. The van der Waals surface area contributed by atoms with E-state index < -0.39 is 10.5 Å². The number of benzene rings is 2. The number of rotatable bonds is 2. The van der Waals surface area contributed by atoms with Gasteiger partial charge in [0, 0.05) is 20.9 Å². The number of carbonyl (C=O) groups excluding carboxylic acids is 2. The molecule has 0 saturated carbocycles. The molecular weight excluding hydrogens is 317 g/mol. The minimum Gasteiger partial charge on any atom is -0.354 e. The maximum Gasteiger partial charge on any atom is 0.252 e. The molecule has 6 heteroatoms. The number of hydrogen-bond donors (Lipinski definition) is 1. The SMILES string of the molecule is O=C(Cl)c1ccc2c(c1)Sc1cc(C(=O)Cl)ccc1N2. The van der Waals surface area contributed by atoms with Crippen LogP contribution in [0.25, 0.3) is 0 Å². The molecule has 2 aromatic carbocycles. The number of hydrogen-bond acceptors (Lipinski definition) is 4. The van der Waals surface area contributed by atoms with E-state index in [4.69, 9.17) is 23.2 Å². The first-order valence-electron chi connectivity index (χ1n) is 5.67. The molecule has 2 aromatic rings. The van der Waals surface area contributed by atoms with Gasteiger partial charge in [-0.15, -0.1) is 0 Å². The van der Waals surface area contributed by atoms with Crippen molar-refractivity contribution in [1.29, 1.82) is 0 Å². The van der Waals surface area contributed by atoms with Crippen LogP contribution >= 0.6 is 35.0 Å². The van der Waals surface area contributed by atoms with Crippen LogP contribution in [0.2, 0.25) is 0 Å². The molecule has 0 spiro atoms. The molecule has 0 amide bonds. The Labute approximate surface area is 129 Å². The smallest absolute Gasteiger partial charge is 0.252 e. The lowest BCUT2D eigenvalue weighted by molar-refractivity contribution is 0.107. The van der Waals surface area contributed by atoms with E-state index in [0.717, 1.165) is 21.2 Å². The molecule has 1 N–H and O–H groups in total. The molecular formula is C14H7Cl2NO2S. The number of fused-ring (bicyclic) bond motifs is 2. The summed E-state index contributed by atoms with van der Waals surface area (Å²) in [6, 6.07) is 10.4. The van der Waals surface area contributed by atoms with Crippen molar-refractivity contribution in [1.82, 2.24) is 0 Å². The Balaban J connectivity index is 2.03. The molecule has 0 aromatic heterocycles. The van der Waals surface area contributed by atoms with Gasteiger partial charge in [0.15, 0.2) is 0 Å². The molecule has 3 rings (SSSR count). The van der Waals surface area contributed by atoms with Gasteiger partial charge < -0.3 is 5.32 Å². The fourth-order valence-electron chi connectivity index (χ4n) is 1.93. The third-order valence-corrected chi connectivity index (χ3v) is 4.46. The third kappa shape index (κ3) is 2.42. The highest BCUT2D eigenvalue weighted by atomic mass is 35.5. The summed E-state index contributed by atoms with van der Waals surface area (Å²) >= 11 is 12.4. The Morgan fingerprint density at radius 1 is 0.850 bits per heavy atom. The minimum atomic E-state index is -0.496. The maximum atomic E-state index is 11.2. The predicted molar refractivity (Wildman–Crippen MR) is 80.7 cm³/mol. The molecule has 1 aliphatic rings. The summed E-state index contributed by atoms with van der Waals surface area (Å²) in [5, 5.41) is 2.25.